The highest BCUT2D eigenvalue weighted by molar-refractivity contribution is 6.40. The van der Waals surface area contributed by atoms with Crippen LogP contribution in [0.4, 0.5) is 15.3 Å². The number of likely N-dealkylation sites (tertiary alicyclic amines) is 1. The summed E-state index contributed by atoms with van der Waals surface area (Å²) in [6, 6.07) is 5.01. The van der Waals surface area contributed by atoms with E-state index in [2.05, 4.69) is 65.8 Å². The van der Waals surface area contributed by atoms with Crippen molar-refractivity contribution >= 4 is 41.1 Å². The number of allylic oxidation sites excluding steroid dienone is 2. The molecule has 1 aromatic carbocycles. The van der Waals surface area contributed by atoms with Crippen molar-refractivity contribution in [2.45, 2.75) is 210 Å². The number of amides is 1. The molecule has 0 bridgehead atoms. The van der Waals surface area contributed by atoms with Crippen LogP contribution in [0.2, 0.25) is 0 Å². The van der Waals surface area contributed by atoms with Gasteiger partial charge in [0.15, 0.2) is 0 Å². The molecule has 5 heterocycles. The summed E-state index contributed by atoms with van der Waals surface area (Å²) in [4.78, 5) is 37.5. The van der Waals surface area contributed by atoms with Crippen LogP contribution in [0.5, 0.6) is 5.75 Å². The van der Waals surface area contributed by atoms with Crippen molar-refractivity contribution in [3.8, 4) is 5.75 Å². The van der Waals surface area contributed by atoms with Crippen LogP contribution in [0.1, 0.15) is 133 Å². The number of nitro groups is 1. The third kappa shape index (κ3) is 15.0. The van der Waals surface area contributed by atoms with Crippen molar-refractivity contribution in [2.24, 2.45) is 29.6 Å². The number of epoxide rings is 4. The van der Waals surface area contributed by atoms with Crippen molar-refractivity contribution in [3.05, 3.63) is 58.7 Å². The molecule has 5 saturated heterocycles. The molecular formula is C56H86Cl2N2O15. The fourth-order valence-corrected chi connectivity index (χ4v) is 12.3. The Bertz CT molecular complexity index is 2110. The van der Waals surface area contributed by atoms with Crippen LogP contribution in [0, 0.1) is 39.7 Å². The molecule has 13 atom stereocenters. The predicted octanol–water partition coefficient (Wildman–Crippen LogP) is 10.7. The number of nitrogens with zero attached hydrogens (tertiary/aromatic N) is 2. The molecule has 19 heteroatoms. The van der Waals surface area contributed by atoms with Gasteiger partial charge in [0.2, 0.25) is 0 Å². The molecule has 2 N–H and O–H groups in total. The number of rotatable bonds is 14. The van der Waals surface area contributed by atoms with Crippen LogP contribution in [0.25, 0.3) is 0 Å². The molecule has 5 unspecified atom stereocenters. The monoisotopic (exact) mass is 1100 g/mol. The van der Waals surface area contributed by atoms with E-state index in [9.17, 15) is 29.9 Å². The van der Waals surface area contributed by atoms with Crippen LogP contribution >= 0.6 is 23.2 Å². The first-order valence-electron chi connectivity index (χ1n) is 26.9. The average Bonchev–Trinajstić information content (AvgIpc) is 4.32. The molecule has 3 aliphatic carbocycles. The maximum Gasteiger partial charge on any atom is 0.514 e. The summed E-state index contributed by atoms with van der Waals surface area (Å²) < 4.78 is 52.8. The normalized spacial score (nSPS) is 35.9. The molecule has 1 amide bonds. The number of methoxy groups -OCH3 is 2. The van der Waals surface area contributed by atoms with Gasteiger partial charge in [-0.05, 0) is 123 Å². The Kier molecular flexibility index (Phi) is 20.3. The molecule has 5 aliphatic heterocycles. The second-order valence-electron chi connectivity index (χ2n) is 23.8. The van der Waals surface area contributed by atoms with Crippen LogP contribution in [0.15, 0.2) is 48.6 Å². The van der Waals surface area contributed by atoms with E-state index in [4.69, 9.17) is 65.8 Å². The Morgan fingerprint density at radius 1 is 0.773 bits per heavy atom. The van der Waals surface area contributed by atoms with Gasteiger partial charge < -0.3 is 57.7 Å². The molecule has 2 spiro atoms. The minimum absolute atomic E-state index is 0.0120. The molecule has 9 rings (SSSR count). The average molecular weight is 1100 g/mol. The fraction of sp³-hybridized carbons (Fsp3) is 0.786. The summed E-state index contributed by atoms with van der Waals surface area (Å²) in [6.07, 6.45) is 15.2. The predicted molar refractivity (Wildman–Crippen MR) is 284 cm³/mol. The number of aliphatic hydroxyl groups is 2. The molecule has 3 saturated carbocycles. The van der Waals surface area contributed by atoms with E-state index in [1.54, 1.807) is 33.0 Å². The number of hydrogen-bond donors (Lipinski definition) is 2. The van der Waals surface area contributed by atoms with Crippen LogP contribution in [0.3, 0.4) is 0 Å². The van der Waals surface area contributed by atoms with Gasteiger partial charge in [-0.2, -0.15) is 0 Å². The Hall–Kier alpha value is -3.10. The molecule has 0 aromatic heterocycles. The van der Waals surface area contributed by atoms with Gasteiger partial charge in [-0.3, -0.25) is 10.1 Å². The lowest BCUT2D eigenvalue weighted by atomic mass is 9.68. The minimum atomic E-state index is -0.956. The Morgan fingerprint density at radius 3 is 1.60 bits per heavy atom. The molecule has 75 heavy (non-hydrogen) atoms. The quantitative estimate of drug-likeness (QED) is 0.0337. The largest absolute Gasteiger partial charge is 0.514 e. The van der Waals surface area contributed by atoms with Gasteiger partial charge in [0.1, 0.15) is 64.8 Å². The maximum atomic E-state index is 13.1. The topological polar surface area (TPSA) is 217 Å². The lowest BCUT2D eigenvalue weighted by Gasteiger charge is -2.43. The van der Waals surface area contributed by atoms with Crippen molar-refractivity contribution in [1.82, 2.24) is 4.90 Å². The standard InChI is InChI=1S/C24H39NO6.C23H29NO8.C8H16O.CH2Cl2/c1-15(2)9-10-18-23(5,31-18)20-19(28-6)16(11-12-24(20)14-29-24)30-21(26)25-13-7-8-17(25)22(3,4)27;1-14(2)5-10-18-22(3,32-18)20-19(28-4)17(11-12-23(20)13-29-23)31-21(25)30-16-8-6-15(7-9-16)24(26)27;1-8(2,9)7-5-3-4-6-7;2-1-3/h9-10,15-20,27H,7-8,11-14H2,1-6H3;5-10,14,17-20H,11-13H2,1-4H3;7,9H,3-6H2,1-2H3;1H2/b10-9+;10-5+;;/t16-,17?,18-,19?,20?,23+,24+;17-,18-,19?,20?,22+,23+;;/m11../s1. The highest BCUT2D eigenvalue weighted by Gasteiger charge is 2.73. The summed E-state index contributed by atoms with van der Waals surface area (Å²) >= 11 is 9.53. The fourth-order valence-electron chi connectivity index (χ4n) is 12.3. The molecule has 17 nitrogen and oxygen atoms in total. The number of benzene rings is 1. The van der Waals surface area contributed by atoms with Crippen LogP contribution < -0.4 is 4.74 Å². The van der Waals surface area contributed by atoms with E-state index in [1.807, 2.05) is 13.8 Å². The zero-order valence-corrected chi connectivity index (χ0v) is 47.8. The zero-order valence-electron chi connectivity index (χ0n) is 46.3. The molecule has 0 radical (unpaired) electrons. The number of hydrogen-bond acceptors (Lipinski definition) is 15. The number of carbonyl (C=O) groups is 2. The SMILES string of the molecule is CC(C)(O)C1CCCC1.COC1C([C@@]2(C)O[C@@H]2/C=C/C(C)C)[C@]2(CC[C@H]1OC(=O)N1CCCC1C(C)(C)O)CO2.COC1C([C@@]2(C)O[C@@H]2/C=C/C(C)C)[C@]2(CC[C@H]1OC(=O)Oc1ccc([N+](=O)[O-])cc1)CO2.ClCCl. The second kappa shape index (κ2) is 24.9. The van der Waals surface area contributed by atoms with Crippen molar-refractivity contribution in [1.29, 1.82) is 0 Å². The smallest absolute Gasteiger partial charge is 0.443 e. The van der Waals surface area contributed by atoms with Gasteiger partial charge in [0.25, 0.3) is 5.69 Å². The first kappa shape index (κ1) is 61.1. The van der Waals surface area contributed by atoms with E-state index in [0.717, 1.165) is 25.7 Å². The van der Waals surface area contributed by atoms with E-state index in [0.29, 0.717) is 50.4 Å². The molecule has 424 valence electrons. The first-order chi connectivity index (χ1) is 35.2. The number of non-ortho nitro benzene ring substituents is 1. The third-order valence-corrected chi connectivity index (χ3v) is 16.6. The van der Waals surface area contributed by atoms with Gasteiger partial charge >= 0.3 is 12.2 Å². The van der Waals surface area contributed by atoms with E-state index in [1.165, 1.54) is 49.9 Å². The molecule has 8 aliphatic rings. The number of nitro benzene ring substituents is 1. The summed E-state index contributed by atoms with van der Waals surface area (Å²) in [5, 5.41) is 31.0. The van der Waals surface area contributed by atoms with E-state index in [-0.39, 0.29) is 76.4 Å². The van der Waals surface area contributed by atoms with E-state index < -0.39 is 45.7 Å². The highest BCUT2D eigenvalue weighted by Crippen LogP contribution is 2.61. The van der Waals surface area contributed by atoms with Gasteiger partial charge in [0, 0.05) is 32.9 Å². The van der Waals surface area contributed by atoms with Gasteiger partial charge in [0.05, 0.1) is 52.6 Å². The maximum absolute atomic E-state index is 13.1. The number of halogens is 2. The zero-order chi connectivity index (χ0) is 55.3. The Labute approximate surface area is 454 Å². The number of ether oxygens (including phenoxy) is 9. The number of carbonyl (C=O) groups excluding carboxylic acids is 2. The lowest BCUT2D eigenvalue weighted by molar-refractivity contribution is -0.384. The first-order valence-corrected chi connectivity index (χ1v) is 28.0. The van der Waals surface area contributed by atoms with Gasteiger partial charge in [-0.15, -0.1) is 23.2 Å². The highest BCUT2D eigenvalue weighted by atomic mass is 35.5. The van der Waals surface area contributed by atoms with Crippen LogP contribution in [-0.2, 0) is 37.9 Å². The second-order valence-corrected chi connectivity index (χ2v) is 24.6. The summed E-state index contributed by atoms with van der Waals surface area (Å²) in [5.41, 5.74) is -2.89. The van der Waals surface area contributed by atoms with Gasteiger partial charge in [-0.1, -0.05) is 64.8 Å². The number of alkyl halides is 2. The lowest BCUT2D eigenvalue weighted by Crippen LogP contribution is -2.57. The third-order valence-electron chi connectivity index (χ3n) is 16.6. The Balaban J connectivity index is 0.000000200. The van der Waals surface area contributed by atoms with Gasteiger partial charge in [-0.25, -0.2) is 9.59 Å². The Morgan fingerprint density at radius 2 is 1.23 bits per heavy atom. The van der Waals surface area contributed by atoms with E-state index >= 15 is 0 Å². The summed E-state index contributed by atoms with van der Waals surface area (Å²) in [6.45, 7) is 22.0. The summed E-state index contributed by atoms with van der Waals surface area (Å²) in [7, 11) is 3.28. The molecule has 8 fully saturated rings. The minimum Gasteiger partial charge on any atom is -0.443 e. The summed E-state index contributed by atoms with van der Waals surface area (Å²) in [5.74, 6) is 1.50. The van der Waals surface area contributed by atoms with Crippen molar-refractivity contribution in [2.75, 3.05) is 39.3 Å². The van der Waals surface area contributed by atoms with Crippen molar-refractivity contribution < 1.29 is 67.4 Å². The molecular weight excluding hydrogens is 1010 g/mol. The van der Waals surface area contributed by atoms with Crippen LogP contribution in [-0.4, -0.2) is 148 Å². The molecule has 1 aromatic rings. The van der Waals surface area contributed by atoms with Crippen molar-refractivity contribution in [3.63, 3.8) is 0 Å².